The molecule has 4 atom stereocenters. The van der Waals surface area contributed by atoms with E-state index < -0.39 is 35.7 Å². The number of nitrogens with two attached hydrogens (primary N) is 1. The SMILES string of the molecule is CSc1nc(N)nc2c1ncn2[C@@H]1O[C@H](COC(c2ccccc2)(c2ccccc2)c2ccccc2)[C@@H](O)[C@H]1OC(c1ccccc1)(c1ccccc1)c1ccccc1. The van der Waals surface area contributed by atoms with Crippen LogP contribution in [0.15, 0.2) is 193 Å². The van der Waals surface area contributed by atoms with Crippen molar-refractivity contribution >= 4 is 28.9 Å². The van der Waals surface area contributed by atoms with Crippen LogP contribution in [-0.4, -0.2) is 55.8 Å². The van der Waals surface area contributed by atoms with Crippen LogP contribution in [0.1, 0.15) is 39.6 Å². The molecule has 10 heteroatoms. The summed E-state index contributed by atoms with van der Waals surface area (Å²) in [5.41, 5.74) is 10.5. The van der Waals surface area contributed by atoms with E-state index in [4.69, 9.17) is 24.9 Å². The average Bonchev–Trinajstić information content (AvgIpc) is 3.86. The van der Waals surface area contributed by atoms with Crippen LogP contribution in [0.2, 0.25) is 0 Å². The topological polar surface area (TPSA) is 118 Å². The van der Waals surface area contributed by atoms with Gasteiger partial charge in [0.25, 0.3) is 0 Å². The van der Waals surface area contributed by atoms with Gasteiger partial charge in [-0.1, -0.05) is 182 Å². The highest BCUT2D eigenvalue weighted by Gasteiger charge is 2.52. The van der Waals surface area contributed by atoms with Crippen LogP contribution in [0, 0.1) is 0 Å². The predicted molar refractivity (Wildman–Crippen MR) is 231 cm³/mol. The van der Waals surface area contributed by atoms with Gasteiger partial charge in [0.1, 0.15) is 40.1 Å². The van der Waals surface area contributed by atoms with Crippen LogP contribution in [0.4, 0.5) is 5.95 Å². The first-order valence-electron chi connectivity index (χ1n) is 19.6. The van der Waals surface area contributed by atoms with Crippen molar-refractivity contribution in [2.45, 2.75) is 40.8 Å². The summed E-state index contributed by atoms with van der Waals surface area (Å²) in [5.74, 6) is 0.102. The zero-order valence-corrected chi connectivity index (χ0v) is 33.2. The van der Waals surface area contributed by atoms with Crippen molar-refractivity contribution < 1.29 is 19.3 Å². The second kappa shape index (κ2) is 16.6. The van der Waals surface area contributed by atoms with E-state index in [0.29, 0.717) is 16.2 Å². The number of nitrogen functional groups attached to an aromatic ring is 1. The zero-order valence-electron chi connectivity index (χ0n) is 32.4. The summed E-state index contributed by atoms with van der Waals surface area (Å²) in [6.07, 6.45) is -0.420. The molecule has 9 nitrogen and oxygen atoms in total. The third-order valence-corrected chi connectivity index (χ3v) is 11.7. The van der Waals surface area contributed by atoms with Gasteiger partial charge in [0.15, 0.2) is 11.9 Å². The number of hydrogen-bond acceptors (Lipinski definition) is 9. The summed E-state index contributed by atoms with van der Waals surface area (Å²) < 4.78 is 23.7. The minimum atomic E-state index is -1.20. The van der Waals surface area contributed by atoms with Crippen LogP contribution >= 0.6 is 11.8 Å². The average molecular weight is 798 g/mol. The minimum Gasteiger partial charge on any atom is -0.387 e. The molecule has 1 fully saturated rings. The Morgan fingerprint density at radius 2 is 1.03 bits per heavy atom. The van der Waals surface area contributed by atoms with E-state index in [-0.39, 0.29) is 12.6 Å². The quantitative estimate of drug-likeness (QED) is 0.0671. The highest BCUT2D eigenvalue weighted by atomic mass is 32.2. The van der Waals surface area contributed by atoms with Crippen molar-refractivity contribution in [1.29, 1.82) is 0 Å². The number of rotatable bonds is 13. The lowest BCUT2D eigenvalue weighted by Crippen LogP contribution is -2.45. The lowest BCUT2D eigenvalue weighted by molar-refractivity contribution is -0.122. The van der Waals surface area contributed by atoms with Gasteiger partial charge in [0.2, 0.25) is 5.95 Å². The van der Waals surface area contributed by atoms with Gasteiger partial charge in [-0.3, -0.25) is 4.57 Å². The molecule has 0 amide bonds. The van der Waals surface area contributed by atoms with Crippen LogP contribution in [-0.2, 0) is 25.4 Å². The number of aromatic nitrogens is 4. The fraction of sp³-hybridized carbons (Fsp3) is 0.163. The Labute approximate surface area is 347 Å². The summed E-state index contributed by atoms with van der Waals surface area (Å²) in [4.78, 5) is 13.8. The molecular formula is C49H43N5O4S. The van der Waals surface area contributed by atoms with Crippen LogP contribution < -0.4 is 5.73 Å². The largest absolute Gasteiger partial charge is 0.387 e. The van der Waals surface area contributed by atoms with Crippen LogP contribution in [0.3, 0.4) is 0 Å². The molecule has 0 spiro atoms. The molecule has 0 unspecified atom stereocenters. The Morgan fingerprint density at radius 1 is 0.627 bits per heavy atom. The van der Waals surface area contributed by atoms with Gasteiger partial charge in [-0.05, 0) is 39.6 Å². The fourth-order valence-electron chi connectivity index (χ4n) is 8.34. The van der Waals surface area contributed by atoms with E-state index in [1.165, 1.54) is 11.8 Å². The summed E-state index contributed by atoms with van der Waals surface area (Å²) in [6, 6.07) is 60.7. The first-order valence-corrected chi connectivity index (χ1v) is 20.8. The number of thioether (sulfide) groups is 1. The number of benzene rings is 6. The van der Waals surface area contributed by atoms with Crippen molar-refractivity contribution in [2.24, 2.45) is 0 Å². The Balaban J connectivity index is 1.20. The number of nitrogens with zero attached hydrogens (tertiary/aromatic N) is 4. The van der Waals surface area contributed by atoms with Crippen LogP contribution in [0.25, 0.3) is 11.2 Å². The van der Waals surface area contributed by atoms with Gasteiger partial charge in [0.05, 0.1) is 12.9 Å². The Bertz CT molecular complexity index is 2410. The normalized spacial score (nSPS) is 18.3. The molecule has 1 saturated heterocycles. The van der Waals surface area contributed by atoms with Crippen molar-refractivity contribution in [3.63, 3.8) is 0 Å². The molecule has 1 aliphatic heterocycles. The maximum absolute atomic E-state index is 12.8. The summed E-state index contributed by atoms with van der Waals surface area (Å²) in [6.45, 7) is -0.00889. The molecule has 2 aromatic heterocycles. The molecule has 8 aromatic rings. The molecule has 59 heavy (non-hydrogen) atoms. The van der Waals surface area contributed by atoms with Crippen molar-refractivity contribution in [2.75, 3.05) is 18.6 Å². The highest BCUT2D eigenvalue weighted by molar-refractivity contribution is 7.98. The number of hydrogen-bond donors (Lipinski definition) is 2. The Hall–Kier alpha value is -6.14. The predicted octanol–water partition coefficient (Wildman–Crippen LogP) is 8.77. The van der Waals surface area contributed by atoms with Crippen molar-refractivity contribution in [1.82, 2.24) is 19.5 Å². The number of anilines is 1. The van der Waals surface area contributed by atoms with E-state index >= 15 is 0 Å². The highest BCUT2D eigenvalue weighted by Crippen LogP contribution is 2.47. The molecule has 9 rings (SSSR count). The number of imidazole rings is 1. The maximum Gasteiger partial charge on any atom is 0.223 e. The second-order valence-corrected chi connectivity index (χ2v) is 15.2. The molecule has 6 aromatic carbocycles. The summed E-state index contributed by atoms with van der Waals surface area (Å²) in [5, 5.41) is 13.5. The van der Waals surface area contributed by atoms with E-state index in [1.807, 2.05) is 115 Å². The lowest BCUT2D eigenvalue weighted by Gasteiger charge is -2.40. The third kappa shape index (κ3) is 6.98. The standard InChI is InChI=1S/C49H43N5O4S/c1-59-45-41-44(52-47(50)53-45)54(33-51-41)46-43(58-49(37-26-14-5-15-27-37,38-28-16-6-17-29-38)39-30-18-7-19-31-39)42(55)40(57-46)32-56-48(34-20-8-2-9-21-34,35-22-10-3-11-23-35)36-24-12-4-13-25-36/h2-31,33,40,42-43,46,55H,32H2,1H3,(H2,50,52,53)/t40-,42-,43-,46-/m1/s1. The zero-order chi connectivity index (χ0) is 40.2. The van der Waals surface area contributed by atoms with Gasteiger partial charge in [-0.25, -0.2) is 9.97 Å². The molecule has 1 aliphatic rings. The monoisotopic (exact) mass is 797 g/mol. The van der Waals surface area contributed by atoms with E-state index in [9.17, 15) is 5.11 Å². The molecule has 0 bridgehead atoms. The van der Waals surface area contributed by atoms with Gasteiger partial charge in [0, 0.05) is 0 Å². The number of fused-ring (bicyclic) bond motifs is 1. The summed E-state index contributed by atoms with van der Waals surface area (Å²) in [7, 11) is 0. The molecule has 3 N–H and O–H groups in total. The fourth-order valence-corrected chi connectivity index (χ4v) is 8.87. The van der Waals surface area contributed by atoms with E-state index in [1.54, 1.807) is 10.9 Å². The Morgan fingerprint density at radius 3 is 1.44 bits per heavy atom. The van der Waals surface area contributed by atoms with Gasteiger partial charge in [-0.2, -0.15) is 4.98 Å². The second-order valence-electron chi connectivity index (χ2n) is 14.4. The molecule has 3 heterocycles. The Kier molecular flexibility index (Phi) is 10.8. The first kappa shape index (κ1) is 38.4. The van der Waals surface area contributed by atoms with E-state index in [0.717, 1.165) is 33.4 Å². The maximum atomic E-state index is 12.8. The van der Waals surface area contributed by atoms with Gasteiger partial charge in [-0.15, -0.1) is 11.8 Å². The third-order valence-electron chi connectivity index (χ3n) is 11.0. The lowest BCUT2D eigenvalue weighted by atomic mass is 9.79. The number of aliphatic hydroxyl groups is 1. The number of ether oxygens (including phenoxy) is 3. The minimum absolute atomic E-state index is 0.00889. The molecule has 0 radical (unpaired) electrons. The molecule has 0 saturated carbocycles. The number of aliphatic hydroxyl groups excluding tert-OH is 1. The van der Waals surface area contributed by atoms with E-state index in [2.05, 4.69) is 82.8 Å². The molecule has 0 aliphatic carbocycles. The van der Waals surface area contributed by atoms with Crippen molar-refractivity contribution in [3.8, 4) is 0 Å². The molecular weight excluding hydrogens is 755 g/mol. The van der Waals surface area contributed by atoms with Crippen molar-refractivity contribution in [3.05, 3.63) is 222 Å². The van der Waals surface area contributed by atoms with Gasteiger partial charge < -0.3 is 25.1 Å². The summed E-state index contributed by atoms with van der Waals surface area (Å²) >= 11 is 1.43. The van der Waals surface area contributed by atoms with Gasteiger partial charge >= 0.3 is 0 Å². The smallest absolute Gasteiger partial charge is 0.223 e. The first-order chi connectivity index (χ1) is 29.0. The van der Waals surface area contributed by atoms with Crippen LogP contribution in [0.5, 0.6) is 0 Å². The molecule has 294 valence electrons.